The minimum absolute atomic E-state index is 0.0398. The number of alkyl halides is 3. The summed E-state index contributed by atoms with van der Waals surface area (Å²) >= 11 is 3.10. The zero-order valence-electron chi connectivity index (χ0n) is 10.6. The van der Waals surface area contributed by atoms with Crippen molar-refractivity contribution in [2.45, 2.75) is 19.0 Å². The molecule has 0 aliphatic carbocycles. The molecule has 1 rings (SSSR count). The molecule has 0 saturated heterocycles. The third-order valence-electron chi connectivity index (χ3n) is 2.39. The molecule has 0 aromatic heterocycles. The van der Waals surface area contributed by atoms with Gasteiger partial charge in [0.1, 0.15) is 0 Å². The number of rotatable bonds is 5. The van der Waals surface area contributed by atoms with Gasteiger partial charge in [-0.2, -0.15) is 13.2 Å². The van der Waals surface area contributed by atoms with Crippen LogP contribution in [-0.2, 0) is 0 Å². The van der Waals surface area contributed by atoms with Crippen molar-refractivity contribution in [1.29, 1.82) is 0 Å². The number of carboxylic acid groups (broad SMARTS) is 1. The van der Waals surface area contributed by atoms with E-state index in [4.69, 9.17) is 5.11 Å². The summed E-state index contributed by atoms with van der Waals surface area (Å²) in [6.07, 6.45) is -5.42. The van der Waals surface area contributed by atoms with Crippen LogP contribution in [0.15, 0.2) is 22.7 Å². The number of carbonyl (C=O) groups is 2. The monoisotopic (exact) mass is 368 g/mol. The molecule has 0 bridgehead atoms. The van der Waals surface area contributed by atoms with E-state index >= 15 is 0 Å². The Bertz CT molecular complexity index is 535. The highest BCUT2D eigenvalue weighted by Gasteiger charge is 2.25. The molecule has 9 heteroatoms. The summed E-state index contributed by atoms with van der Waals surface area (Å²) in [7, 11) is 0. The first kappa shape index (κ1) is 17.3. The van der Waals surface area contributed by atoms with Crippen LogP contribution in [0.3, 0.4) is 0 Å². The standard InChI is InChI=1S/C12H12BrF3N2O3/c13-8-6-7(10(19)20)2-3-9(8)18-11(21)17-5-1-4-12(14,15)16/h2-3,6H,1,4-5H2,(H,19,20)(H2,17,18,21). The van der Waals surface area contributed by atoms with Gasteiger partial charge in [-0.05, 0) is 40.5 Å². The van der Waals surface area contributed by atoms with Crippen molar-refractivity contribution in [2.24, 2.45) is 0 Å². The van der Waals surface area contributed by atoms with Crippen molar-refractivity contribution in [3.8, 4) is 0 Å². The molecule has 1 aromatic carbocycles. The Kier molecular flexibility index (Phi) is 6.01. The predicted octanol–water partition coefficient (Wildman–Crippen LogP) is 3.61. The Morgan fingerprint density at radius 2 is 1.95 bits per heavy atom. The van der Waals surface area contributed by atoms with Gasteiger partial charge in [-0.15, -0.1) is 0 Å². The number of hydrogen-bond acceptors (Lipinski definition) is 2. The lowest BCUT2D eigenvalue weighted by Crippen LogP contribution is -2.30. The predicted molar refractivity (Wildman–Crippen MR) is 73.4 cm³/mol. The van der Waals surface area contributed by atoms with Crippen LogP contribution in [-0.4, -0.2) is 29.8 Å². The molecule has 0 atom stereocenters. The summed E-state index contributed by atoms with van der Waals surface area (Å²) in [4.78, 5) is 22.2. The molecule has 0 saturated carbocycles. The Labute approximate surface area is 126 Å². The first-order chi connectivity index (χ1) is 9.69. The largest absolute Gasteiger partial charge is 0.478 e. The average molecular weight is 369 g/mol. The van der Waals surface area contributed by atoms with E-state index in [-0.39, 0.29) is 18.5 Å². The summed E-state index contributed by atoms with van der Waals surface area (Å²) in [5.74, 6) is -1.11. The van der Waals surface area contributed by atoms with Crippen LogP contribution in [0.2, 0.25) is 0 Å². The summed E-state index contributed by atoms with van der Waals surface area (Å²) in [5.41, 5.74) is 0.353. The lowest BCUT2D eigenvalue weighted by atomic mass is 10.2. The fourth-order valence-electron chi connectivity index (χ4n) is 1.41. The molecule has 0 radical (unpaired) electrons. The second-order valence-corrected chi connectivity index (χ2v) is 4.95. The molecular formula is C12H12BrF3N2O3. The van der Waals surface area contributed by atoms with Gasteiger partial charge in [-0.3, -0.25) is 0 Å². The maximum Gasteiger partial charge on any atom is 0.389 e. The van der Waals surface area contributed by atoms with Gasteiger partial charge in [0.25, 0.3) is 0 Å². The van der Waals surface area contributed by atoms with E-state index in [1.165, 1.54) is 18.2 Å². The van der Waals surface area contributed by atoms with Crippen LogP contribution in [0.25, 0.3) is 0 Å². The van der Waals surface area contributed by atoms with Gasteiger partial charge >= 0.3 is 18.2 Å². The number of anilines is 1. The van der Waals surface area contributed by atoms with Gasteiger partial charge in [0.05, 0.1) is 11.3 Å². The highest BCUT2D eigenvalue weighted by molar-refractivity contribution is 9.10. The molecule has 1 aromatic rings. The van der Waals surface area contributed by atoms with E-state index in [1.807, 2.05) is 0 Å². The van der Waals surface area contributed by atoms with Crippen molar-refractivity contribution in [1.82, 2.24) is 5.32 Å². The lowest BCUT2D eigenvalue weighted by molar-refractivity contribution is -0.135. The minimum atomic E-state index is -4.24. The average Bonchev–Trinajstić information content (AvgIpc) is 2.36. The zero-order chi connectivity index (χ0) is 16.0. The normalized spacial score (nSPS) is 11.0. The summed E-state index contributed by atoms with van der Waals surface area (Å²) in [6, 6.07) is 3.32. The third kappa shape index (κ3) is 6.48. The third-order valence-corrected chi connectivity index (χ3v) is 3.04. The molecule has 5 nitrogen and oxygen atoms in total. The van der Waals surface area contributed by atoms with Crippen molar-refractivity contribution in [3.05, 3.63) is 28.2 Å². The Balaban J connectivity index is 2.46. The maximum atomic E-state index is 11.9. The molecule has 0 unspecified atom stereocenters. The first-order valence-corrected chi connectivity index (χ1v) is 6.63. The van der Waals surface area contributed by atoms with E-state index in [9.17, 15) is 22.8 Å². The fourth-order valence-corrected chi connectivity index (χ4v) is 1.88. The molecule has 3 N–H and O–H groups in total. The van der Waals surface area contributed by atoms with Crippen molar-refractivity contribution >= 4 is 33.6 Å². The molecule has 0 aliphatic rings. The fraction of sp³-hybridized carbons (Fsp3) is 0.333. The van der Waals surface area contributed by atoms with Crippen LogP contribution in [0.4, 0.5) is 23.7 Å². The molecule has 0 aliphatic heterocycles. The van der Waals surface area contributed by atoms with E-state index in [1.54, 1.807) is 0 Å². The van der Waals surface area contributed by atoms with Gasteiger partial charge < -0.3 is 15.7 Å². The number of carboxylic acids is 1. The second-order valence-electron chi connectivity index (χ2n) is 4.10. The minimum Gasteiger partial charge on any atom is -0.478 e. The molecule has 0 spiro atoms. The highest BCUT2D eigenvalue weighted by Crippen LogP contribution is 2.24. The molecule has 0 fully saturated rings. The Hall–Kier alpha value is -1.77. The van der Waals surface area contributed by atoms with E-state index in [0.717, 1.165) is 0 Å². The number of hydrogen-bond donors (Lipinski definition) is 3. The number of benzene rings is 1. The lowest BCUT2D eigenvalue weighted by Gasteiger charge is -2.10. The van der Waals surface area contributed by atoms with Gasteiger partial charge in [-0.25, -0.2) is 9.59 Å². The maximum absolute atomic E-state index is 11.9. The summed E-state index contributed by atoms with van der Waals surface area (Å²) in [6.45, 7) is -0.115. The number of carbonyl (C=O) groups excluding carboxylic acids is 1. The van der Waals surface area contributed by atoms with Crippen LogP contribution < -0.4 is 10.6 Å². The Morgan fingerprint density at radius 1 is 1.29 bits per heavy atom. The quantitative estimate of drug-likeness (QED) is 0.694. The van der Waals surface area contributed by atoms with Crippen molar-refractivity contribution < 1.29 is 27.9 Å². The summed E-state index contributed by atoms with van der Waals surface area (Å²) in [5, 5.41) is 13.5. The van der Waals surface area contributed by atoms with Crippen LogP contribution in [0.5, 0.6) is 0 Å². The number of aromatic carboxylic acids is 1. The number of nitrogens with one attached hydrogen (secondary N) is 2. The van der Waals surface area contributed by atoms with Crippen LogP contribution in [0, 0.1) is 0 Å². The van der Waals surface area contributed by atoms with Gasteiger partial charge in [-0.1, -0.05) is 0 Å². The number of amides is 2. The van der Waals surface area contributed by atoms with Gasteiger partial charge in [0.2, 0.25) is 0 Å². The van der Waals surface area contributed by atoms with E-state index < -0.39 is 24.6 Å². The molecule has 2 amide bonds. The smallest absolute Gasteiger partial charge is 0.389 e. The molecule has 0 heterocycles. The number of urea groups is 1. The Morgan fingerprint density at radius 3 is 2.48 bits per heavy atom. The number of halogens is 4. The van der Waals surface area contributed by atoms with Gasteiger partial charge in [0, 0.05) is 17.4 Å². The summed E-state index contributed by atoms with van der Waals surface area (Å²) < 4.78 is 36.1. The van der Waals surface area contributed by atoms with Crippen LogP contribution in [0.1, 0.15) is 23.2 Å². The van der Waals surface area contributed by atoms with Crippen molar-refractivity contribution in [2.75, 3.05) is 11.9 Å². The topological polar surface area (TPSA) is 78.4 Å². The van der Waals surface area contributed by atoms with Crippen LogP contribution >= 0.6 is 15.9 Å². The van der Waals surface area contributed by atoms with Gasteiger partial charge in [0.15, 0.2) is 0 Å². The van der Waals surface area contributed by atoms with Crippen molar-refractivity contribution in [3.63, 3.8) is 0 Å². The zero-order valence-corrected chi connectivity index (χ0v) is 12.2. The molecule has 21 heavy (non-hydrogen) atoms. The highest BCUT2D eigenvalue weighted by atomic mass is 79.9. The SMILES string of the molecule is O=C(NCCCC(F)(F)F)Nc1ccc(C(=O)O)cc1Br. The molecular weight excluding hydrogens is 357 g/mol. The molecule has 116 valence electrons. The van der Waals surface area contributed by atoms with E-state index in [0.29, 0.717) is 10.2 Å². The second kappa shape index (κ2) is 7.30. The van der Waals surface area contributed by atoms with E-state index in [2.05, 4.69) is 26.6 Å². The first-order valence-electron chi connectivity index (χ1n) is 5.83.